The summed E-state index contributed by atoms with van der Waals surface area (Å²) in [4.78, 5) is 5.04. The minimum Gasteiger partial charge on any atom is -0.310 e. The molecular weight excluding hydrogens is 845 g/mol. The summed E-state index contributed by atoms with van der Waals surface area (Å²) in [5, 5.41) is 0. The Bertz CT molecular complexity index is 3700. The van der Waals surface area contributed by atoms with Crippen molar-refractivity contribution in [1.82, 2.24) is 0 Å². The molecule has 14 rings (SSSR count). The Morgan fingerprint density at radius 3 is 1.24 bits per heavy atom. The first-order chi connectivity index (χ1) is 34.8. The first-order valence-electron chi connectivity index (χ1n) is 24.4. The van der Waals surface area contributed by atoms with E-state index in [1.165, 1.54) is 89.3 Å². The Kier molecular flexibility index (Phi) is 9.06. The van der Waals surface area contributed by atoms with Crippen LogP contribution < -0.4 is 9.80 Å². The monoisotopic (exact) mass is 890 g/mol. The molecule has 3 aliphatic rings. The minimum atomic E-state index is -0.612. The third kappa shape index (κ3) is 5.56. The van der Waals surface area contributed by atoms with Crippen LogP contribution in [0.5, 0.6) is 0 Å². The number of anilines is 6. The molecule has 2 nitrogen and oxygen atoms in total. The maximum atomic E-state index is 2.58. The fourth-order valence-electron chi connectivity index (χ4n) is 12.7. The highest BCUT2D eigenvalue weighted by Crippen LogP contribution is 2.66. The van der Waals surface area contributed by atoms with Crippen molar-refractivity contribution in [2.45, 2.75) is 10.8 Å². The Morgan fingerprint density at radius 2 is 0.686 bits per heavy atom. The Hall–Kier alpha value is -8.98. The van der Waals surface area contributed by atoms with E-state index in [4.69, 9.17) is 0 Å². The van der Waals surface area contributed by atoms with Gasteiger partial charge in [-0.15, -0.1) is 0 Å². The van der Waals surface area contributed by atoms with E-state index in [-0.39, 0.29) is 0 Å². The SMILES string of the molecule is c1ccc(-c2cccc(N(c3cccc4c3-c3ccccc3C4(c3ccccc3)c3ccccc3)c3cccc4c3-c3ccccc3C43c4ccccc4N(c4ccccc4)c4ccccc43)c2)cc1. The van der Waals surface area contributed by atoms with Gasteiger partial charge in [-0.25, -0.2) is 0 Å². The average molecular weight is 891 g/mol. The van der Waals surface area contributed by atoms with Crippen LogP contribution in [0.1, 0.15) is 44.5 Å². The molecule has 328 valence electrons. The van der Waals surface area contributed by atoms with Gasteiger partial charge in [0.15, 0.2) is 0 Å². The van der Waals surface area contributed by atoms with Crippen LogP contribution in [0.3, 0.4) is 0 Å². The Balaban J connectivity index is 1.09. The average Bonchev–Trinajstić information content (AvgIpc) is 3.92. The highest BCUT2D eigenvalue weighted by molar-refractivity contribution is 6.04. The summed E-state index contributed by atoms with van der Waals surface area (Å²) in [7, 11) is 0. The zero-order valence-corrected chi connectivity index (χ0v) is 38.5. The number of rotatable bonds is 7. The molecule has 0 bridgehead atoms. The topological polar surface area (TPSA) is 6.48 Å². The molecule has 70 heavy (non-hydrogen) atoms. The second-order valence-electron chi connectivity index (χ2n) is 18.7. The van der Waals surface area contributed by atoms with Gasteiger partial charge in [-0.1, -0.05) is 231 Å². The van der Waals surface area contributed by atoms with Gasteiger partial charge in [0.25, 0.3) is 0 Å². The molecule has 0 N–H and O–H groups in total. The molecule has 2 heteroatoms. The lowest BCUT2D eigenvalue weighted by atomic mass is 9.64. The number of hydrogen-bond donors (Lipinski definition) is 0. The maximum Gasteiger partial charge on any atom is 0.0755 e. The normalized spacial score (nSPS) is 13.9. The van der Waals surface area contributed by atoms with Crippen molar-refractivity contribution in [1.29, 1.82) is 0 Å². The molecule has 1 aliphatic heterocycles. The molecular formula is C68H46N2. The predicted octanol–water partition coefficient (Wildman–Crippen LogP) is 17.3. The van der Waals surface area contributed by atoms with Crippen LogP contribution in [0.15, 0.2) is 279 Å². The van der Waals surface area contributed by atoms with E-state index in [0.717, 1.165) is 22.7 Å². The number of para-hydroxylation sites is 3. The van der Waals surface area contributed by atoms with Crippen molar-refractivity contribution >= 4 is 34.1 Å². The number of benzene rings is 11. The van der Waals surface area contributed by atoms with Gasteiger partial charge in [-0.2, -0.15) is 0 Å². The van der Waals surface area contributed by atoms with Crippen LogP contribution >= 0.6 is 0 Å². The van der Waals surface area contributed by atoms with Crippen molar-refractivity contribution in [3.8, 4) is 33.4 Å². The molecule has 0 saturated heterocycles. The molecule has 2 aliphatic carbocycles. The summed E-state index contributed by atoms with van der Waals surface area (Å²) in [6.07, 6.45) is 0. The lowest BCUT2D eigenvalue weighted by Gasteiger charge is -2.45. The zero-order chi connectivity index (χ0) is 46.2. The van der Waals surface area contributed by atoms with E-state index in [1.54, 1.807) is 0 Å². The summed E-state index contributed by atoms with van der Waals surface area (Å²) in [5.41, 5.74) is 23.2. The summed E-state index contributed by atoms with van der Waals surface area (Å²) in [6, 6.07) is 104. The maximum absolute atomic E-state index is 2.58. The molecule has 11 aromatic carbocycles. The van der Waals surface area contributed by atoms with Crippen molar-refractivity contribution in [2.75, 3.05) is 9.80 Å². The van der Waals surface area contributed by atoms with Crippen LogP contribution in [-0.2, 0) is 10.8 Å². The highest BCUT2D eigenvalue weighted by Gasteiger charge is 2.53. The quantitative estimate of drug-likeness (QED) is 0.157. The molecule has 11 aromatic rings. The van der Waals surface area contributed by atoms with E-state index < -0.39 is 10.8 Å². The predicted molar refractivity (Wildman–Crippen MR) is 289 cm³/mol. The van der Waals surface area contributed by atoms with Gasteiger partial charge in [-0.05, 0) is 115 Å². The van der Waals surface area contributed by atoms with Gasteiger partial charge in [0.05, 0.1) is 33.6 Å². The van der Waals surface area contributed by atoms with Crippen LogP contribution in [0, 0.1) is 0 Å². The van der Waals surface area contributed by atoms with E-state index >= 15 is 0 Å². The van der Waals surface area contributed by atoms with E-state index in [9.17, 15) is 0 Å². The smallest absolute Gasteiger partial charge is 0.0755 e. The second-order valence-corrected chi connectivity index (χ2v) is 18.7. The first-order valence-corrected chi connectivity index (χ1v) is 24.4. The van der Waals surface area contributed by atoms with Crippen LogP contribution in [0.4, 0.5) is 34.1 Å². The fourth-order valence-corrected chi connectivity index (χ4v) is 12.7. The first kappa shape index (κ1) is 40.1. The Morgan fingerprint density at radius 1 is 0.286 bits per heavy atom. The summed E-state index contributed by atoms with van der Waals surface area (Å²) < 4.78 is 0. The molecule has 0 fully saturated rings. The Labute approximate surface area is 409 Å². The lowest BCUT2D eigenvalue weighted by Crippen LogP contribution is -2.36. The molecule has 0 radical (unpaired) electrons. The third-order valence-corrected chi connectivity index (χ3v) is 15.3. The van der Waals surface area contributed by atoms with Crippen LogP contribution in [0.2, 0.25) is 0 Å². The van der Waals surface area contributed by atoms with Gasteiger partial charge in [0.1, 0.15) is 0 Å². The fraction of sp³-hybridized carbons (Fsp3) is 0.0294. The highest BCUT2D eigenvalue weighted by atomic mass is 15.2. The number of nitrogens with zero attached hydrogens (tertiary/aromatic N) is 2. The molecule has 0 atom stereocenters. The molecule has 1 spiro atoms. The standard InChI is InChI=1S/C68H46N2/c1-5-24-47(25-6-1)48-26-21-33-52(46-48)70(63-44-22-40-59-65(63)53-34-13-15-36-55(53)67(59,49-27-7-2-8-28-49)50-29-9-3-10-30-50)64-45-23-41-60-66(64)54-35-14-16-37-56(54)68(60)57-38-17-19-42-61(57)69(51-31-11-4-12-32-51)62-43-20-18-39-58(62)68/h1-46H. The van der Waals surface area contributed by atoms with Crippen molar-refractivity contribution < 1.29 is 0 Å². The summed E-state index contributed by atoms with van der Waals surface area (Å²) >= 11 is 0. The van der Waals surface area contributed by atoms with Crippen LogP contribution in [0.25, 0.3) is 33.4 Å². The van der Waals surface area contributed by atoms with Crippen LogP contribution in [-0.4, -0.2) is 0 Å². The molecule has 0 saturated carbocycles. The molecule has 0 aromatic heterocycles. The largest absolute Gasteiger partial charge is 0.310 e. The molecule has 1 heterocycles. The minimum absolute atomic E-state index is 0.558. The van der Waals surface area contributed by atoms with Gasteiger partial charge in [0.2, 0.25) is 0 Å². The van der Waals surface area contributed by atoms with Gasteiger partial charge < -0.3 is 9.80 Å². The van der Waals surface area contributed by atoms with Crippen molar-refractivity contribution in [3.05, 3.63) is 324 Å². The van der Waals surface area contributed by atoms with Crippen molar-refractivity contribution in [3.63, 3.8) is 0 Å². The van der Waals surface area contributed by atoms with Gasteiger partial charge in [-0.3, -0.25) is 0 Å². The van der Waals surface area contributed by atoms with Gasteiger partial charge >= 0.3 is 0 Å². The van der Waals surface area contributed by atoms with Gasteiger partial charge in [0, 0.05) is 22.5 Å². The molecule has 0 unspecified atom stereocenters. The zero-order valence-electron chi connectivity index (χ0n) is 38.5. The number of fused-ring (bicyclic) bond motifs is 12. The number of hydrogen-bond acceptors (Lipinski definition) is 2. The third-order valence-electron chi connectivity index (χ3n) is 15.3. The van der Waals surface area contributed by atoms with Crippen molar-refractivity contribution in [2.24, 2.45) is 0 Å². The van der Waals surface area contributed by atoms with E-state index in [2.05, 4.69) is 289 Å². The second kappa shape index (κ2) is 15.8. The molecule has 0 amide bonds. The summed E-state index contributed by atoms with van der Waals surface area (Å²) in [6.45, 7) is 0. The van der Waals surface area contributed by atoms with E-state index in [1.807, 2.05) is 0 Å². The van der Waals surface area contributed by atoms with E-state index in [0.29, 0.717) is 0 Å². The summed E-state index contributed by atoms with van der Waals surface area (Å²) in [5.74, 6) is 0. The lowest BCUT2D eigenvalue weighted by molar-refractivity contribution is 0.752.